The van der Waals surface area contributed by atoms with Gasteiger partial charge in [0.05, 0.1) is 6.61 Å². The Morgan fingerprint density at radius 3 is 2.34 bits per heavy atom. The number of carbonyl (C=O) groups excluding carboxylic acids is 2. The van der Waals surface area contributed by atoms with Gasteiger partial charge in [-0.25, -0.2) is 0 Å². The first kappa shape index (κ1) is 20.8. The minimum Gasteiger partial charge on any atom is -0.367 e. The molecule has 3 rings (SSSR count). The average Bonchev–Trinajstić information content (AvgIpc) is 3.13. The zero-order valence-electron chi connectivity index (χ0n) is 15.5. The second-order valence-corrected chi connectivity index (χ2v) is 7.86. The summed E-state index contributed by atoms with van der Waals surface area (Å²) in [6.07, 6.45) is 0.340. The van der Waals surface area contributed by atoms with E-state index in [9.17, 15) is 9.59 Å². The van der Waals surface area contributed by atoms with Crippen molar-refractivity contribution in [3.63, 3.8) is 0 Å². The molecule has 1 heterocycles. The van der Waals surface area contributed by atoms with Crippen LogP contribution in [-0.4, -0.2) is 34.7 Å². The van der Waals surface area contributed by atoms with Gasteiger partial charge in [0.1, 0.15) is 12.6 Å². The second-order valence-electron chi connectivity index (χ2n) is 6.20. The Labute approximate surface area is 177 Å². The Balaban J connectivity index is 1.59. The molecule has 1 atom stereocenters. The summed E-state index contributed by atoms with van der Waals surface area (Å²) in [6, 6.07) is 18.2. The maximum Gasteiger partial charge on any atom is 0.249 e. The highest BCUT2D eigenvalue weighted by Gasteiger charge is 2.22. The predicted octanol–water partition coefficient (Wildman–Crippen LogP) is 3.08. The van der Waals surface area contributed by atoms with Gasteiger partial charge in [0, 0.05) is 6.42 Å². The number of nitrogens with one attached hydrogen (secondary N) is 3. The zero-order valence-corrected chi connectivity index (χ0v) is 17.1. The lowest BCUT2D eigenvalue weighted by molar-refractivity contribution is -0.130. The van der Waals surface area contributed by atoms with Crippen LogP contribution >= 0.6 is 23.6 Å². The normalized spacial score (nSPS) is 11.6. The number of benzene rings is 2. The first-order chi connectivity index (χ1) is 14.1. The van der Waals surface area contributed by atoms with Crippen molar-refractivity contribution in [2.24, 2.45) is 0 Å². The number of carbonyl (C=O) groups is 2. The van der Waals surface area contributed by atoms with Crippen molar-refractivity contribution in [2.45, 2.75) is 19.1 Å². The molecule has 1 aromatic heterocycles. The number of hydrogen-bond donors (Lipinski definition) is 3. The molecule has 9 heteroatoms. The first-order valence-corrected chi connectivity index (χ1v) is 10.1. The Kier molecular flexibility index (Phi) is 7.62. The molecule has 0 bridgehead atoms. The van der Waals surface area contributed by atoms with Crippen molar-refractivity contribution >= 4 is 40.5 Å². The molecule has 0 aliphatic rings. The number of ether oxygens (including phenoxy) is 1. The molecule has 7 nitrogen and oxygen atoms in total. The van der Waals surface area contributed by atoms with Crippen LogP contribution in [0.5, 0.6) is 0 Å². The number of aromatic amines is 1. The first-order valence-electron chi connectivity index (χ1n) is 8.91. The van der Waals surface area contributed by atoms with Gasteiger partial charge in [-0.2, -0.15) is 0 Å². The van der Waals surface area contributed by atoms with Gasteiger partial charge in [0.15, 0.2) is 3.95 Å². The van der Waals surface area contributed by atoms with Crippen molar-refractivity contribution in [3.8, 4) is 0 Å². The van der Waals surface area contributed by atoms with Crippen molar-refractivity contribution in [1.29, 1.82) is 0 Å². The topological polar surface area (TPSA) is 96.1 Å². The summed E-state index contributed by atoms with van der Waals surface area (Å²) >= 11 is 6.13. The van der Waals surface area contributed by atoms with Crippen LogP contribution < -0.4 is 10.6 Å². The van der Waals surface area contributed by atoms with E-state index < -0.39 is 6.04 Å². The van der Waals surface area contributed by atoms with Crippen LogP contribution in [0.3, 0.4) is 0 Å². The van der Waals surface area contributed by atoms with Gasteiger partial charge in [-0.1, -0.05) is 72.0 Å². The van der Waals surface area contributed by atoms with Gasteiger partial charge < -0.3 is 10.1 Å². The SMILES string of the molecule is O=C(COCc1ccccc1)NC(Cc1ccccc1)C(=O)Nc1n[nH]c(=S)s1. The summed E-state index contributed by atoms with van der Waals surface area (Å²) in [7, 11) is 0. The van der Waals surface area contributed by atoms with E-state index in [1.165, 1.54) is 0 Å². The molecule has 1 unspecified atom stereocenters. The predicted molar refractivity (Wildman–Crippen MR) is 114 cm³/mol. The third-order valence-electron chi connectivity index (χ3n) is 3.95. The number of rotatable bonds is 9. The van der Waals surface area contributed by atoms with Crippen LogP contribution in [-0.2, 0) is 27.4 Å². The molecule has 0 fully saturated rings. The lowest BCUT2D eigenvalue weighted by atomic mass is 10.1. The summed E-state index contributed by atoms with van der Waals surface area (Å²) in [5.74, 6) is -0.741. The van der Waals surface area contributed by atoms with Crippen LogP contribution in [0.2, 0.25) is 0 Å². The number of nitrogens with zero attached hydrogens (tertiary/aromatic N) is 1. The number of aromatic nitrogens is 2. The maximum absolute atomic E-state index is 12.7. The van der Waals surface area contributed by atoms with Gasteiger partial charge in [0.25, 0.3) is 0 Å². The molecule has 0 saturated carbocycles. The van der Waals surface area contributed by atoms with Gasteiger partial charge >= 0.3 is 0 Å². The van der Waals surface area contributed by atoms with Gasteiger partial charge in [-0.3, -0.25) is 20.0 Å². The second kappa shape index (κ2) is 10.6. The van der Waals surface area contributed by atoms with Crippen LogP contribution in [0.25, 0.3) is 0 Å². The van der Waals surface area contributed by atoms with Crippen LogP contribution in [0.4, 0.5) is 5.13 Å². The van der Waals surface area contributed by atoms with E-state index in [2.05, 4.69) is 20.8 Å². The Morgan fingerprint density at radius 2 is 1.72 bits per heavy atom. The smallest absolute Gasteiger partial charge is 0.249 e. The van der Waals surface area contributed by atoms with E-state index in [-0.39, 0.29) is 18.4 Å². The molecule has 0 aliphatic carbocycles. The summed E-state index contributed by atoms with van der Waals surface area (Å²) in [5.41, 5.74) is 1.89. The number of hydrogen-bond acceptors (Lipinski definition) is 6. The van der Waals surface area contributed by atoms with E-state index in [4.69, 9.17) is 17.0 Å². The minimum atomic E-state index is -0.775. The average molecular weight is 429 g/mol. The van der Waals surface area contributed by atoms with Crippen LogP contribution in [0, 0.1) is 3.95 Å². The number of amides is 2. The van der Waals surface area contributed by atoms with Gasteiger partial charge in [0.2, 0.25) is 16.9 Å². The molecule has 3 aromatic rings. The number of H-pyrrole nitrogens is 1. The standard InChI is InChI=1S/C20H20N4O3S2/c25-17(13-27-12-15-9-5-2-6-10-15)21-16(11-14-7-3-1-4-8-14)18(26)22-19-23-24-20(28)29-19/h1-10,16H,11-13H2,(H,21,25)(H,24,28)(H,22,23,26). The number of anilines is 1. The molecular weight excluding hydrogens is 408 g/mol. The van der Waals surface area contributed by atoms with Gasteiger partial charge in [-0.05, 0) is 23.3 Å². The van der Waals surface area contributed by atoms with E-state index in [1.54, 1.807) is 0 Å². The van der Waals surface area contributed by atoms with Gasteiger partial charge in [-0.15, -0.1) is 5.10 Å². The maximum atomic E-state index is 12.7. The Hall–Kier alpha value is -2.88. The Morgan fingerprint density at radius 1 is 1.07 bits per heavy atom. The van der Waals surface area contributed by atoms with E-state index >= 15 is 0 Å². The third-order valence-corrected chi connectivity index (χ3v) is 4.95. The molecule has 150 valence electrons. The molecule has 0 radical (unpaired) electrons. The van der Waals surface area contributed by atoms with Crippen molar-refractivity contribution < 1.29 is 14.3 Å². The molecule has 3 N–H and O–H groups in total. The molecular formula is C20H20N4O3S2. The molecule has 29 heavy (non-hydrogen) atoms. The fourth-order valence-electron chi connectivity index (χ4n) is 2.61. The van der Waals surface area contributed by atoms with E-state index in [0.717, 1.165) is 22.5 Å². The molecule has 2 amide bonds. The van der Waals surface area contributed by atoms with Crippen molar-refractivity contribution in [2.75, 3.05) is 11.9 Å². The van der Waals surface area contributed by atoms with Crippen LogP contribution in [0.1, 0.15) is 11.1 Å². The molecule has 2 aromatic carbocycles. The molecule has 0 aliphatic heterocycles. The zero-order chi connectivity index (χ0) is 20.5. The van der Waals surface area contributed by atoms with E-state index in [0.29, 0.717) is 22.1 Å². The monoisotopic (exact) mass is 428 g/mol. The fraction of sp³-hybridized carbons (Fsp3) is 0.200. The Bertz CT molecular complexity index is 989. The quantitative estimate of drug-likeness (QED) is 0.455. The lowest BCUT2D eigenvalue weighted by Gasteiger charge is -2.18. The van der Waals surface area contributed by atoms with Crippen molar-refractivity contribution in [3.05, 3.63) is 75.7 Å². The molecule has 0 saturated heterocycles. The largest absolute Gasteiger partial charge is 0.367 e. The highest BCUT2D eigenvalue weighted by atomic mass is 32.1. The highest BCUT2D eigenvalue weighted by Crippen LogP contribution is 2.12. The summed E-state index contributed by atoms with van der Waals surface area (Å²) in [5, 5.41) is 12.3. The van der Waals surface area contributed by atoms with E-state index in [1.807, 2.05) is 60.7 Å². The molecule has 0 spiro atoms. The van der Waals surface area contributed by atoms with Crippen LogP contribution in [0.15, 0.2) is 60.7 Å². The lowest BCUT2D eigenvalue weighted by Crippen LogP contribution is -2.46. The third kappa shape index (κ3) is 6.90. The summed E-state index contributed by atoms with van der Waals surface area (Å²) in [4.78, 5) is 25.1. The fourth-order valence-corrected chi connectivity index (χ4v) is 3.40. The minimum absolute atomic E-state index is 0.144. The summed E-state index contributed by atoms with van der Waals surface area (Å²) in [6.45, 7) is 0.176. The highest BCUT2D eigenvalue weighted by molar-refractivity contribution is 7.73. The van der Waals surface area contributed by atoms with Crippen molar-refractivity contribution in [1.82, 2.24) is 15.5 Å². The summed E-state index contributed by atoms with van der Waals surface area (Å²) < 4.78 is 5.92.